The van der Waals surface area contributed by atoms with Crippen molar-refractivity contribution in [2.24, 2.45) is 11.1 Å². The number of Topliss-reactive ketones (excluding diaryl/α,β-unsaturated/α-hetero) is 1. The van der Waals surface area contributed by atoms with E-state index in [0.29, 0.717) is 6.54 Å². The summed E-state index contributed by atoms with van der Waals surface area (Å²) in [5, 5.41) is 3.92. The van der Waals surface area contributed by atoms with Crippen LogP contribution in [0.4, 0.5) is 0 Å². The molecule has 1 aliphatic rings. The molecule has 0 amide bonds. The average molecular weight is 237 g/mol. The standard InChI is InChI=1S/C13H19NOS/c14-10-13(6-3-1-2-4-7-13)12(15)11-5-8-16-9-11/h5,8-9H,1-4,6-7,10,14H2. The van der Waals surface area contributed by atoms with E-state index in [1.807, 2.05) is 16.8 Å². The summed E-state index contributed by atoms with van der Waals surface area (Å²) in [6, 6.07) is 1.93. The van der Waals surface area contributed by atoms with Gasteiger partial charge in [0.05, 0.1) is 0 Å². The van der Waals surface area contributed by atoms with E-state index in [1.54, 1.807) is 11.3 Å². The van der Waals surface area contributed by atoms with E-state index in [-0.39, 0.29) is 11.2 Å². The lowest BCUT2D eigenvalue weighted by Gasteiger charge is -2.29. The van der Waals surface area contributed by atoms with Crippen LogP contribution in [0.2, 0.25) is 0 Å². The molecule has 3 heteroatoms. The maximum absolute atomic E-state index is 12.5. The molecule has 2 rings (SSSR count). The number of ketones is 1. The predicted molar refractivity (Wildman–Crippen MR) is 67.8 cm³/mol. The summed E-state index contributed by atoms with van der Waals surface area (Å²) in [4.78, 5) is 12.5. The van der Waals surface area contributed by atoms with Gasteiger partial charge in [0.1, 0.15) is 0 Å². The zero-order valence-electron chi connectivity index (χ0n) is 9.58. The average Bonchev–Trinajstić information content (AvgIpc) is 2.73. The van der Waals surface area contributed by atoms with Gasteiger partial charge in [0.15, 0.2) is 5.78 Å². The maximum Gasteiger partial charge on any atom is 0.171 e. The van der Waals surface area contributed by atoms with Crippen molar-refractivity contribution in [1.82, 2.24) is 0 Å². The van der Waals surface area contributed by atoms with Crippen LogP contribution in [0, 0.1) is 5.41 Å². The first kappa shape index (κ1) is 11.8. The lowest BCUT2D eigenvalue weighted by molar-refractivity contribution is 0.0775. The van der Waals surface area contributed by atoms with Crippen LogP contribution in [0.15, 0.2) is 16.8 Å². The van der Waals surface area contributed by atoms with Gasteiger partial charge in [0.2, 0.25) is 0 Å². The molecular weight excluding hydrogens is 218 g/mol. The molecule has 1 saturated carbocycles. The molecule has 0 aromatic carbocycles. The van der Waals surface area contributed by atoms with Crippen LogP contribution in [0.1, 0.15) is 48.9 Å². The van der Waals surface area contributed by atoms with Gasteiger partial charge in [-0.2, -0.15) is 11.3 Å². The molecule has 0 aliphatic heterocycles. The molecule has 16 heavy (non-hydrogen) atoms. The second-order valence-electron chi connectivity index (χ2n) is 4.74. The molecule has 88 valence electrons. The fourth-order valence-corrected chi connectivity index (χ4v) is 3.27. The van der Waals surface area contributed by atoms with Gasteiger partial charge in [0.25, 0.3) is 0 Å². The highest BCUT2D eigenvalue weighted by Crippen LogP contribution is 2.37. The fourth-order valence-electron chi connectivity index (χ4n) is 2.63. The molecule has 1 heterocycles. The quantitative estimate of drug-likeness (QED) is 0.648. The molecular formula is C13H19NOS. The van der Waals surface area contributed by atoms with Crippen LogP contribution in [0.25, 0.3) is 0 Å². The molecule has 2 nitrogen and oxygen atoms in total. The van der Waals surface area contributed by atoms with Gasteiger partial charge >= 0.3 is 0 Å². The predicted octanol–water partition coefficient (Wildman–Crippen LogP) is 3.23. The smallest absolute Gasteiger partial charge is 0.171 e. The Morgan fingerprint density at radius 2 is 2.00 bits per heavy atom. The summed E-state index contributed by atoms with van der Waals surface area (Å²) in [6.07, 6.45) is 6.73. The number of nitrogens with two attached hydrogens (primary N) is 1. The Morgan fingerprint density at radius 1 is 1.31 bits per heavy atom. The van der Waals surface area contributed by atoms with Crippen LogP contribution in [0.3, 0.4) is 0 Å². The van der Waals surface area contributed by atoms with E-state index in [0.717, 1.165) is 31.2 Å². The Morgan fingerprint density at radius 3 is 2.50 bits per heavy atom. The number of thiophene rings is 1. The van der Waals surface area contributed by atoms with Crippen LogP contribution in [0.5, 0.6) is 0 Å². The third kappa shape index (κ3) is 2.20. The van der Waals surface area contributed by atoms with Gasteiger partial charge in [-0.05, 0) is 24.3 Å². The van der Waals surface area contributed by atoms with Crippen molar-refractivity contribution in [2.45, 2.75) is 38.5 Å². The number of carbonyl (C=O) groups is 1. The van der Waals surface area contributed by atoms with E-state index < -0.39 is 0 Å². The third-order valence-corrected chi connectivity index (χ3v) is 4.40. The van der Waals surface area contributed by atoms with Gasteiger partial charge in [0, 0.05) is 22.9 Å². The molecule has 0 unspecified atom stereocenters. The molecule has 0 atom stereocenters. The lowest BCUT2D eigenvalue weighted by atomic mass is 9.75. The number of hydrogen-bond acceptors (Lipinski definition) is 3. The van der Waals surface area contributed by atoms with Crippen molar-refractivity contribution in [3.63, 3.8) is 0 Å². The Balaban J connectivity index is 2.22. The SMILES string of the molecule is NCC1(C(=O)c2ccsc2)CCCCCC1. The minimum Gasteiger partial charge on any atom is -0.329 e. The van der Waals surface area contributed by atoms with Gasteiger partial charge in [-0.25, -0.2) is 0 Å². The summed E-state index contributed by atoms with van der Waals surface area (Å²) in [5.74, 6) is 0.276. The zero-order valence-corrected chi connectivity index (χ0v) is 10.4. The van der Waals surface area contributed by atoms with Crippen LogP contribution in [-0.2, 0) is 0 Å². The molecule has 1 aromatic rings. The largest absolute Gasteiger partial charge is 0.329 e. The first-order chi connectivity index (χ1) is 7.78. The first-order valence-electron chi connectivity index (χ1n) is 6.06. The normalized spacial score (nSPS) is 20.3. The minimum atomic E-state index is -0.266. The third-order valence-electron chi connectivity index (χ3n) is 3.72. The summed E-state index contributed by atoms with van der Waals surface area (Å²) in [5.41, 5.74) is 6.49. The Kier molecular flexibility index (Phi) is 3.77. The summed E-state index contributed by atoms with van der Waals surface area (Å²) >= 11 is 1.58. The van der Waals surface area contributed by atoms with Crippen molar-refractivity contribution in [3.05, 3.63) is 22.4 Å². The van der Waals surface area contributed by atoms with E-state index in [2.05, 4.69) is 0 Å². The molecule has 0 saturated heterocycles. The summed E-state index contributed by atoms with van der Waals surface area (Å²) in [6.45, 7) is 0.502. The highest BCUT2D eigenvalue weighted by molar-refractivity contribution is 7.08. The number of rotatable bonds is 3. The Bertz CT molecular complexity index is 337. The van der Waals surface area contributed by atoms with E-state index >= 15 is 0 Å². The van der Waals surface area contributed by atoms with Gasteiger partial charge in [-0.1, -0.05) is 25.7 Å². The van der Waals surface area contributed by atoms with Crippen molar-refractivity contribution in [1.29, 1.82) is 0 Å². The molecule has 1 aromatic heterocycles. The van der Waals surface area contributed by atoms with Crippen molar-refractivity contribution in [2.75, 3.05) is 6.54 Å². The van der Waals surface area contributed by atoms with Crippen molar-refractivity contribution >= 4 is 17.1 Å². The topological polar surface area (TPSA) is 43.1 Å². The van der Waals surface area contributed by atoms with Crippen LogP contribution < -0.4 is 5.73 Å². The first-order valence-corrected chi connectivity index (χ1v) is 7.00. The molecule has 0 radical (unpaired) electrons. The van der Waals surface area contributed by atoms with Crippen LogP contribution >= 0.6 is 11.3 Å². The lowest BCUT2D eigenvalue weighted by Crippen LogP contribution is -2.38. The van der Waals surface area contributed by atoms with Gasteiger partial charge < -0.3 is 5.73 Å². The Hall–Kier alpha value is -0.670. The Labute approximate surface area is 101 Å². The van der Waals surface area contributed by atoms with Crippen molar-refractivity contribution in [3.8, 4) is 0 Å². The van der Waals surface area contributed by atoms with E-state index in [9.17, 15) is 4.79 Å². The second kappa shape index (κ2) is 5.11. The van der Waals surface area contributed by atoms with Crippen molar-refractivity contribution < 1.29 is 4.79 Å². The number of carbonyl (C=O) groups excluding carboxylic acids is 1. The highest BCUT2D eigenvalue weighted by atomic mass is 32.1. The van der Waals surface area contributed by atoms with E-state index in [1.165, 1.54) is 12.8 Å². The molecule has 1 aliphatic carbocycles. The maximum atomic E-state index is 12.5. The highest BCUT2D eigenvalue weighted by Gasteiger charge is 2.37. The van der Waals surface area contributed by atoms with Gasteiger partial charge in [-0.15, -0.1) is 0 Å². The number of hydrogen-bond donors (Lipinski definition) is 1. The summed E-state index contributed by atoms with van der Waals surface area (Å²) in [7, 11) is 0. The van der Waals surface area contributed by atoms with E-state index in [4.69, 9.17) is 5.73 Å². The van der Waals surface area contributed by atoms with Crippen LogP contribution in [-0.4, -0.2) is 12.3 Å². The fraction of sp³-hybridized carbons (Fsp3) is 0.615. The molecule has 2 N–H and O–H groups in total. The monoisotopic (exact) mass is 237 g/mol. The second-order valence-corrected chi connectivity index (χ2v) is 5.52. The zero-order chi connectivity index (χ0) is 11.4. The summed E-state index contributed by atoms with van der Waals surface area (Å²) < 4.78 is 0. The van der Waals surface area contributed by atoms with Gasteiger partial charge in [-0.3, -0.25) is 4.79 Å². The molecule has 0 bridgehead atoms. The molecule has 0 spiro atoms. The minimum absolute atomic E-state index is 0.266. The molecule has 1 fully saturated rings.